The molecule has 0 amide bonds. The maximum atomic E-state index is 11.0. The van der Waals surface area contributed by atoms with Gasteiger partial charge in [-0.2, -0.15) is 0 Å². The molecule has 0 aliphatic rings. The number of hydrogen-bond acceptors (Lipinski definition) is 1. The Kier molecular flexibility index (Phi) is 3.03. The van der Waals surface area contributed by atoms with Crippen LogP contribution in [0.3, 0.4) is 0 Å². The van der Waals surface area contributed by atoms with E-state index in [0.717, 1.165) is 0 Å². The first-order valence-corrected chi connectivity index (χ1v) is 1.63. The Morgan fingerprint density at radius 3 is 2.43 bits per heavy atom. The molecule has 0 aliphatic heterocycles. The van der Waals surface area contributed by atoms with Gasteiger partial charge in [-0.3, -0.25) is 0 Å². The van der Waals surface area contributed by atoms with E-state index in [1.165, 1.54) is 0 Å². The molecule has 0 N–H and O–H groups in total. The van der Waals surface area contributed by atoms with Crippen molar-refractivity contribution in [2.24, 2.45) is 0 Å². The van der Waals surface area contributed by atoms with E-state index < -0.39 is 13.0 Å². The summed E-state index contributed by atoms with van der Waals surface area (Å²) in [4.78, 5) is 0. The summed E-state index contributed by atoms with van der Waals surface area (Å²) in [5.41, 5.74) is 0. The van der Waals surface area contributed by atoms with Gasteiger partial charge in [-0.05, 0) is 0 Å². The van der Waals surface area contributed by atoms with Gasteiger partial charge in [0, 0.05) is 0 Å². The summed E-state index contributed by atoms with van der Waals surface area (Å²) in [6.45, 7) is -0.670. The number of terminal acetylenes is 1. The van der Waals surface area contributed by atoms with E-state index in [1.54, 1.807) is 6.11 Å². The van der Waals surface area contributed by atoms with E-state index in [4.69, 9.17) is 0 Å². The minimum absolute atomic E-state index is 0.670. The van der Waals surface area contributed by atoms with E-state index in [0.29, 0.717) is 0 Å². The van der Waals surface area contributed by atoms with Crippen molar-refractivity contribution in [2.75, 3.05) is 6.61 Å². The molecule has 0 bridgehead atoms. The highest BCUT2D eigenvalue weighted by Gasteiger charge is 1.98. The molecule has 3 heteroatoms. The van der Waals surface area contributed by atoms with Crippen LogP contribution in [0.5, 0.6) is 0 Å². The maximum Gasteiger partial charge on any atom is 0.273 e. The zero-order valence-corrected chi connectivity index (χ0v) is 3.53. The first kappa shape index (κ1) is 6.22. The zero-order valence-electron chi connectivity index (χ0n) is 3.53. The fourth-order valence-electron chi connectivity index (χ4n) is 0.111. The van der Waals surface area contributed by atoms with Crippen molar-refractivity contribution < 1.29 is 13.5 Å². The standard InChI is InChI=1S/C4H4F2O/c1-2-7-3-4(5)6/h1,4H,3H2. The third-order valence-electron chi connectivity index (χ3n) is 0.293. The van der Waals surface area contributed by atoms with Crippen molar-refractivity contribution in [1.82, 2.24) is 0 Å². The molecule has 0 aromatic rings. The van der Waals surface area contributed by atoms with E-state index in [2.05, 4.69) is 11.2 Å². The molecule has 0 fully saturated rings. The van der Waals surface area contributed by atoms with Crippen LogP contribution in [0.25, 0.3) is 0 Å². The number of rotatable bonds is 2. The van der Waals surface area contributed by atoms with Crippen LogP contribution in [0, 0.1) is 12.5 Å². The highest BCUT2D eigenvalue weighted by molar-refractivity contribution is 4.68. The molecule has 0 atom stereocenters. The first-order chi connectivity index (χ1) is 3.27. The molecule has 0 aliphatic carbocycles. The summed E-state index contributed by atoms with van der Waals surface area (Å²) in [7, 11) is 0. The third kappa shape index (κ3) is 5.22. The second-order valence-electron chi connectivity index (χ2n) is 0.820. The van der Waals surface area contributed by atoms with Crippen molar-refractivity contribution in [3.8, 4) is 12.5 Å². The van der Waals surface area contributed by atoms with Gasteiger partial charge in [-0.15, -0.1) is 0 Å². The highest BCUT2D eigenvalue weighted by Crippen LogP contribution is 1.89. The number of halogens is 2. The Morgan fingerprint density at radius 2 is 2.29 bits per heavy atom. The summed E-state index contributed by atoms with van der Waals surface area (Å²) < 4.78 is 25.9. The summed E-state index contributed by atoms with van der Waals surface area (Å²) in [6.07, 6.45) is 3.63. The molecule has 0 spiro atoms. The molecule has 7 heavy (non-hydrogen) atoms. The summed E-state index contributed by atoms with van der Waals surface area (Å²) >= 11 is 0. The summed E-state index contributed by atoms with van der Waals surface area (Å²) in [5.74, 6) is 0. The van der Waals surface area contributed by atoms with Gasteiger partial charge >= 0.3 is 0 Å². The van der Waals surface area contributed by atoms with Gasteiger partial charge in [0.1, 0.15) is 6.11 Å². The van der Waals surface area contributed by atoms with Gasteiger partial charge in [0.2, 0.25) is 0 Å². The lowest BCUT2D eigenvalue weighted by atomic mass is 10.8. The normalized spacial score (nSPS) is 8.29. The van der Waals surface area contributed by atoms with E-state index in [1.807, 2.05) is 0 Å². The monoisotopic (exact) mass is 106 g/mol. The lowest BCUT2D eigenvalue weighted by Crippen LogP contribution is -1.99. The van der Waals surface area contributed by atoms with Crippen molar-refractivity contribution >= 4 is 0 Å². The van der Waals surface area contributed by atoms with Gasteiger partial charge in [0.25, 0.3) is 6.43 Å². The summed E-state index contributed by atoms with van der Waals surface area (Å²) in [5, 5.41) is 0. The minimum atomic E-state index is -2.46. The van der Waals surface area contributed by atoms with Crippen LogP contribution in [-0.2, 0) is 4.74 Å². The minimum Gasteiger partial charge on any atom is -0.441 e. The van der Waals surface area contributed by atoms with Crippen LogP contribution in [-0.4, -0.2) is 13.0 Å². The van der Waals surface area contributed by atoms with Crippen LogP contribution in [0.1, 0.15) is 0 Å². The Morgan fingerprint density at radius 1 is 1.71 bits per heavy atom. The van der Waals surface area contributed by atoms with Gasteiger partial charge in [0.05, 0.1) is 0 Å². The predicted octanol–water partition coefficient (Wildman–Crippen LogP) is 0.859. The van der Waals surface area contributed by atoms with E-state index in [9.17, 15) is 8.78 Å². The van der Waals surface area contributed by atoms with Gasteiger partial charge in [-0.1, -0.05) is 6.42 Å². The van der Waals surface area contributed by atoms with Crippen molar-refractivity contribution in [3.63, 3.8) is 0 Å². The molecule has 0 aromatic heterocycles. The lowest BCUT2D eigenvalue weighted by molar-refractivity contribution is 0.0687. The SMILES string of the molecule is C#COCC(F)F. The van der Waals surface area contributed by atoms with E-state index >= 15 is 0 Å². The molecular weight excluding hydrogens is 102 g/mol. The number of hydrogen-bond donors (Lipinski definition) is 0. The Hall–Kier alpha value is -0.780. The lowest BCUT2D eigenvalue weighted by Gasteiger charge is -1.91. The first-order valence-electron chi connectivity index (χ1n) is 1.63. The fraction of sp³-hybridized carbons (Fsp3) is 0.500. The van der Waals surface area contributed by atoms with E-state index in [-0.39, 0.29) is 0 Å². The molecule has 0 saturated heterocycles. The molecule has 0 radical (unpaired) electrons. The molecule has 0 rings (SSSR count). The second kappa shape index (κ2) is 3.41. The average Bonchev–Trinajstić information content (AvgIpc) is 1.61. The Labute approximate surface area is 40.3 Å². The van der Waals surface area contributed by atoms with Crippen molar-refractivity contribution in [2.45, 2.75) is 6.43 Å². The Balaban J connectivity index is 2.86. The van der Waals surface area contributed by atoms with Crippen molar-refractivity contribution in [1.29, 1.82) is 0 Å². The quantitative estimate of drug-likeness (QED) is 0.474. The molecule has 1 nitrogen and oxygen atoms in total. The van der Waals surface area contributed by atoms with Crippen molar-refractivity contribution in [3.05, 3.63) is 0 Å². The van der Waals surface area contributed by atoms with Gasteiger partial charge < -0.3 is 4.74 Å². The predicted molar refractivity (Wildman–Crippen MR) is 20.8 cm³/mol. The maximum absolute atomic E-state index is 11.0. The number of ether oxygens (including phenoxy) is 1. The van der Waals surface area contributed by atoms with Crippen LogP contribution in [0.2, 0.25) is 0 Å². The molecule has 0 unspecified atom stereocenters. The van der Waals surface area contributed by atoms with Gasteiger partial charge in [-0.25, -0.2) is 8.78 Å². The molecule has 0 aromatic carbocycles. The average molecular weight is 106 g/mol. The summed E-state index contributed by atoms with van der Waals surface area (Å²) in [6, 6.07) is 0. The highest BCUT2D eigenvalue weighted by atomic mass is 19.3. The topological polar surface area (TPSA) is 9.23 Å². The molecule has 0 saturated carbocycles. The van der Waals surface area contributed by atoms with Crippen LogP contribution in [0.4, 0.5) is 8.78 Å². The second-order valence-corrected chi connectivity index (χ2v) is 0.820. The van der Waals surface area contributed by atoms with Crippen LogP contribution >= 0.6 is 0 Å². The smallest absolute Gasteiger partial charge is 0.273 e. The van der Waals surface area contributed by atoms with Gasteiger partial charge in [0.15, 0.2) is 6.61 Å². The molecule has 0 heterocycles. The fourth-order valence-corrected chi connectivity index (χ4v) is 0.111. The van der Waals surface area contributed by atoms with Crippen LogP contribution < -0.4 is 0 Å². The number of alkyl halides is 2. The third-order valence-corrected chi connectivity index (χ3v) is 0.293. The largest absolute Gasteiger partial charge is 0.441 e. The van der Waals surface area contributed by atoms with Crippen LogP contribution in [0.15, 0.2) is 0 Å². The molecule has 40 valence electrons. The molecular formula is C4H4F2O. The Bertz CT molecular complexity index is 74.2. The zero-order chi connectivity index (χ0) is 5.70.